The van der Waals surface area contributed by atoms with Gasteiger partial charge in [-0.1, -0.05) is 48.5 Å². The summed E-state index contributed by atoms with van der Waals surface area (Å²) in [6, 6.07) is 17.8. The maximum absolute atomic E-state index is 13.5. The highest BCUT2D eigenvalue weighted by atomic mass is 19.3. The van der Waals surface area contributed by atoms with Gasteiger partial charge in [0.2, 0.25) is 11.8 Å². The van der Waals surface area contributed by atoms with Crippen LogP contribution in [0.1, 0.15) is 36.8 Å². The number of carbonyl (C=O) groups excluding carboxylic acids is 1. The number of rotatable bonds is 7. The minimum Gasteiger partial charge on any atom is -0.338 e. The lowest BCUT2D eigenvalue weighted by molar-refractivity contribution is -0.131. The fourth-order valence-corrected chi connectivity index (χ4v) is 4.86. The quantitative estimate of drug-likeness (QED) is 0.614. The number of nitrogens with two attached hydrogens (primary N) is 1. The van der Waals surface area contributed by atoms with Crippen molar-refractivity contribution in [1.82, 2.24) is 15.1 Å². The molecular formula is C28H35F2N5O. The number of amides is 1. The van der Waals surface area contributed by atoms with Gasteiger partial charge in [-0.25, -0.2) is 8.78 Å². The van der Waals surface area contributed by atoms with Crippen molar-refractivity contribution in [3.05, 3.63) is 59.7 Å². The molecule has 2 aromatic carbocycles. The number of nitrogens with one attached hydrogen (secondary N) is 1. The summed E-state index contributed by atoms with van der Waals surface area (Å²) in [6.07, 6.45) is -0.683. The van der Waals surface area contributed by atoms with Crippen LogP contribution in [-0.4, -0.2) is 66.4 Å². The highest BCUT2D eigenvalue weighted by molar-refractivity contribution is 5.86. The van der Waals surface area contributed by atoms with Crippen LogP contribution in [0.5, 0.6) is 0 Å². The molecule has 2 aromatic rings. The van der Waals surface area contributed by atoms with E-state index in [0.717, 1.165) is 49.4 Å². The van der Waals surface area contributed by atoms with E-state index in [1.54, 1.807) is 0 Å². The van der Waals surface area contributed by atoms with Gasteiger partial charge in [0.25, 0.3) is 0 Å². The van der Waals surface area contributed by atoms with E-state index in [-0.39, 0.29) is 12.8 Å². The van der Waals surface area contributed by atoms with Crippen molar-refractivity contribution in [3.8, 4) is 17.2 Å². The zero-order valence-corrected chi connectivity index (χ0v) is 20.9. The van der Waals surface area contributed by atoms with Crippen molar-refractivity contribution in [2.75, 3.05) is 33.2 Å². The van der Waals surface area contributed by atoms with Crippen LogP contribution in [-0.2, 0) is 17.8 Å². The normalized spacial score (nSPS) is 20.9. The van der Waals surface area contributed by atoms with E-state index in [2.05, 4.69) is 52.5 Å². The first-order chi connectivity index (χ1) is 17.2. The molecule has 2 aliphatic rings. The van der Waals surface area contributed by atoms with Crippen LogP contribution < -0.4 is 11.1 Å². The summed E-state index contributed by atoms with van der Waals surface area (Å²) < 4.78 is 26.9. The average Bonchev–Trinajstić information content (AvgIpc) is 2.88. The Labute approximate surface area is 212 Å². The first-order valence-electron chi connectivity index (χ1n) is 12.6. The molecule has 2 fully saturated rings. The number of halogens is 2. The van der Waals surface area contributed by atoms with E-state index < -0.39 is 36.3 Å². The molecule has 0 radical (unpaired) electrons. The van der Waals surface area contributed by atoms with E-state index in [4.69, 9.17) is 5.73 Å². The molecule has 3 N–H and O–H groups in total. The number of hydrogen-bond acceptors (Lipinski definition) is 5. The van der Waals surface area contributed by atoms with Crippen LogP contribution in [0.2, 0.25) is 0 Å². The smallest absolute Gasteiger partial charge is 0.248 e. The van der Waals surface area contributed by atoms with Crippen molar-refractivity contribution < 1.29 is 13.6 Å². The predicted molar refractivity (Wildman–Crippen MR) is 136 cm³/mol. The standard InChI is InChI=1S/C28H35F2N5O/c1-34-14-16-35(17-15-34)20-22-4-8-24(9-5-22)23-6-2-21(3-7-23)18-25(19-31)33-26(36)27(32)10-12-28(29,30)13-11-27/h2-9,25H,10-18,20,32H2,1H3,(H,33,36). The molecule has 1 heterocycles. The van der Waals surface area contributed by atoms with Gasteiger partial charge >= 0.3 is 0 Å². The summed E-state index contributed by atoms with van der Waals surface area (Å²) in [5.74, 6) is -3.30. The highest BCUT2D eigenvalue weighted by Gasteiger charge is 2.45. The van der Waals surface area contributed by atoms with E-state index in [1.807, 2.05) is 24.3 Å². The number of hydrogen-bond donors (Lipinski definition) is 2. The molecule has 192 valence electrons. The monoisotopic (exact) mass is 495 g/mol. The van der Waals surface area contributed by atoms with Crippen molar-refractivity contribution in [1.29, 1.82) is 5.26 Å². The number of likely N-dealkylation sites (N-methyl/N-ethyl adjacent to an activating group) is 1. The summed E-state index contributed by atoms with van der Waals surface area (Å²) in [5, 5.41) is 12.2. The Morgan fingerprint density at radius 1 is 0.972 bits per heavy atom. The van der Waals surface area contributed by atoms with Crippen LogP contribution in [0.15, 0.2) is 48.5 Å². The third kappa shape index (κ3) is 6.67. The fraction of sp³-hybridized carbons (Fsp3) is 0.500. The molecule has 36 heavy (non-hydrogen) atoms. The van der Waals surface area contributed by atoms with E-state index in [0.29, 0.717) is 6.42 Å². The Bertz CT molecular complexity index is 1060. The number of nitrogens with zero attached hydrogens (tertiary/aromatic N) is 3. The average molecular weight is 496 g/mol. The zero-order valence-electron chi connectivity index (χ0n) is 20.9. The van der Waals surface area contributed by atoms with Crippen LogP contribution in [0, 0.1) is 11.3 Å². The van der Waals surface area contributed by atoms with E-state index in [9.17, 15) is 18.8 Å². The van der Waals surface area contributed by atoms with E-state index >= 15 is 0 Å². The first-order valence-corrected chi connectivity index (χ1v) is 12.6. The van der Waals surface area contributed by atoms with E-state index in [1.165, 1.54) is 5.56 Å². The number of alkyl halides is 2. The molecule has 1 amide bonds. The maximum atomic E-state index is 13.5. The Kier molecular flexibility index (Phi) is 8.04. The van der Waals surface area contributed by atoms with Crippen LogP contribution in [0.25, 0.3) is 11.1 Å². The Morgan fingerprint density at radius 2 is 1.50 bits per heavy atom. The van der Waals surface area contributed by atoms with Gasteiger partial charge in [0.05, 0.1) is 11.6 Å². The van der Waals surface area contributed by atoms with Gasteiger partial charge in [-0.05, 0) is 42.1 Å². The lowest BCUT2D eigenvalue weighted by Crippen LogP contribution is -2.58. The molecule has 4 rings (SSSR count). The SMILES string of the molecule is CN1CCN(Cc2ccc(-c3ccc(CC(C#N)NC(=O)C4(N)CCC(F)(F)CC4)cc3)cc2)CC1. The van der Waals surface area contributed by atoms with Gasteiger partial charge in [-0.15, -0.1) is 0 Å². The third-order valence-corrected chi connectivity index (χ3v) is 7.47. The number of carbonyl (C=O) groups is 1. The molecule has 1 unspecified atom stereocenters. The molecule has 0 spiro atoms. The molecular weight excluding hydrogens is 460 g/mol. The second-order valence-corrected chi connectivity index (χ2v) is 10.3. The zero-order chi connectivity index (χ0) is 25.8. The number of nitriles is 1. The van der Waals surface area contributed by atoms with Crippen molar-refractivity contribution >= 4 is 5.91 Å². The lowest BCUT2D eigenvalue weighted by Gasteiger charge is -2.36. The summed E-state index contributed by atoms with van der Waals surface area (Å²) >= 11 is 0. The number of benzene rings is 2. The lowest BCUT2D eigenvalue weighted by atomic mass is 9.80. The predicted octanol–water partition coefficient (Wildman–Crippen LogP) is 3.56. The number of piperazine rings is 1. The van der Waals surface area contributed by atoms with Gasteiger partial charge in [0, 0.05) is 52.0 Å². The van der Waals surface area contributed by atoms with Gasteiger partial charge in [-0.3, -0.25) is 9.69 Å². The van der Waals surface area contributed by atoms with Gasteiger partial charge in [-0.2, -0.15) is 5.26 Å². The molecule has 6 nitrogen and oxygen atoms in total. The molecule has 1 atom stereocenters. The minimum absolute atomic E-state index is 0.0904. The molecule has 1 saturated heterocycles. The Hall–Kier alpha value is -2.86. The molecule has 8 heteroatoms. The Balaban J connectivity index is 1.31. The van der Waals surface area contributed by atoms with Crippen LogP contribution in [0.3, 0.4) is 0 Å². The molecule has 0 bridgehead atoms. The van der Waals surface area contributed by atoms with Crippen LogP contribution >= 0.6 is 0 Å². The highest BCUT2D eigenvalue weighted by Crippen LogP contribution is 2.37. The van der Waals surface area contributed by atoms with Crippen molar-refractivity contribution in [2.24, 2.45) is 5.73 Å². The van der Waals surface area contributed by atoms with Gasteiger partial charge in [0.1, 0.15) is 6.04 Å². The summed E-state index contributed by atoms with van der Waals surface area (Å²) in [7, 11) is 2.16. The minimum atomic E-state index is -2.77. The molecule has 1 aliphatic heterocycles. The molecule has 1 aliphatic carbocycles. The summed E-state index contributed by atoms with van der Waals surface area (Å²) in [4.78, 5) is 17.5. The fourth-order valence-electron chi connectivity index (χ4n) is 4.86. The van der Waals surface area contributed by atoms with Crippen molar-refractivity contribution in [3.63, 3.8) is 0 Å². The molecule has 0 aromatic heterocycles. The molecule has 1 saturated carbocycles. The summed E-state index contributed by atoms with van der Waals surface area (Å²) in [5.41, 5.74) is 9.16. The summed E-state index contributed by atoms with van der Waals surface area (Å²) in [6.45, 7) is 5.35. The second-order valence-electron chi connectivity index (χ2n) is 10.3. The largest absolute Gasteiger partial charge is 0.338 e. The Morgan fingerprint density at radius 3 is 2.03 bits per heavy atom. The maximum Gasteiger partial charge on any atom is 0.248 e. The topological polar surface area (TPSA) is 85.4 Å². The second kappa shape index (κ2) is 11.0. The van der Waals surface area contributed by atoms with Gasteiger partial charge < -0.3 is 16.0 Å². The van der Waals surface area contributed by atoms with Gasteiger partial charge in [0.15, 0.2) is 0 Å². The first kappa shape index (κ1) is 26.2. The van der Waals surface area contributed by atoms with Crippen LogP contribution in [0.4, 0.5) is 8.78 Å². The third-order valence-electron chi connectivity index (χ3n) is 7.47. The van der Waals surface area contributed by atoms with Crippen molar-refractivity contribution in [2.45, 2.75) is 56.2 Å².